The lowest BCUT2D eigenvalue weighted by Gasteiger charge is -2.27. The quantitative estimate of drug-likeness (QED) is 0.870. The van der Waals surface area contributed by atoms with Gasteiger partial charge >= 0.3 is 0 Å². The lowest BCUT2D eigenvalue weighted by Crippen LogP contribution is -2.28. The first-order chi connectivity index (χ1) is 8.90. The normalized spacial score (nSPS) is 18.2. The molecule has 2 nitrogen and oxygen atoms in total. The number of benzene rings is 2. The second-order valence-electron chi connectivity index (χ2n) is 4.62. The van der Waals surface area contributed by atoms with Crippen LogP contribution in [0.1, 0.15) is 22.6 Å². The van der Waals surface area contributed by atoms with E-state index in [1.54, 1.807) is 7.11 Å². The summed E-state index contributed by atoms with van der Waals surface area (Å²) in [5.41, 5.74) is 4.07. The van der Waals surface area contributed by atoms with Crippen molar-refractivity contribution >= 4 is 0 Å². The Morgan fingerprint density at radius 2 is 1.72 bits per heavy atom. The Kier molecular flexibility index (Phi) is 3.03. The number of ether oxygens (including phenoxy) is 1. The van der Waals surface area contributed by atoms with Gasteiger partial charge in [0.25, 0.3) is 0 Å². The van der Waals surface area contributed by atoms with E-state index in [1.807, 2.05) is 12.1 Å². The van der Waals surface area contributed by atoms with Gasteiger partial charge in [-0.25, -0.2) is 0 Å². The highest BCUT2D eigenvalue weighted by molar-refractivity contribution is 5.46. The summed E-state index contributed by atoms with van der Waals surface area (Å²) in [6.07, 6.45) is 0. The van der Waals surface area contributed by atoms with E-state index in [-0.39, 0.29) is 0 Å². The highest BCUT2D eigenvalue weighted by Gasteiger charge is 2.23. The minimum absolute atomic E-state index is 0.381. The minimum Gasteiger partial charge on any atom is -0.496 e. The Balaban J connectivity index is 2.08. The van der Waals surface area contributed by atoms with Gasteiger partial charge in [-0.15, -0.1) is 0 Å². The Labute approximate surface area is 108 Å². The number of para-hydroxylation sites is 1. The van der Waals surface area contributed by atoms with Gasteiger partial charge in [-0.05, 0) is 17.2 Å². The second-order valence-corrected chi connectivity index (χ2v) is 4.62. The van der Waals surface area contributed by atoms with Gasteiger partial charge in [0.05, 0.1) is 7.11 Å². The molecule has 1 aliphatic rings. The van der Waals surface area contributed by atoms with Gasteiger partial charge in [0, 0.05) is 24.6 Å². The molecular formula is C16H17NO. The van der Waals surface area contributed by atoms with Crippen LogP contribution >= 0.6 is 0 Å². The van der Waals surface area contributed by atoms with E-state index in [0.29, 0.717) is 5.92 Å². The van der Waals surface area contributed by atoms with E-state index in [2.05, 4.69) is 41.7 Å². The summed E-state index contributed by atoms with van der Waals surface area (Å²) in [5, 5.41) is 3.49. The van der Waals surface area contributed by atoms with Crippen LogP contribution in [-0.2, 0) is 6.54 Å². The van der Waals surface area contributed by atoms with Crippen molar-refractivity contribution in [1.29, 1.82) is 0 Å². The van der Waals surface area contributed by atoms with Crippen LogP contribution in [0.5, 0.6) is 5.75 Å². The smallest absolute Gasteiger partial charge is 0.122 e. The molecule has 1 atom stereocenters. The maximum absolute atomic E-state index is 5.49. The van der Waals surface area contributed by atoms with Gasteiger partial charge in [0.2, 0.25) is 0 Å². The first kappa shape index (κ1) is 11.3. The standard InChI is InChI=1S/C16H17NO/c1-18-16-9-5-4-8-14(16)15-11-17-10-12-6-2-3-7-13(12)15/h2-9,15,17H,10-11H2,1H3/t15-/m1/s1. The molecule has 18 heavy (non-hydrogen) atoms. The molecule has 0 amide bonds. The third-order valence-electron chi connectivity index (χ3n) is 3.61. The van der Waals surface area contributed by atoms with Crippen LogP contribution in [0, 0.1) is 0 Å². The maximum Gasteiger partial charge on any atom is 0.122 e. The van der Waals surface area contributed by atoms with Gasteiger partial charge in [0.15, 0.2) is 0 Å². The summed E-state index contributed by atoms with van der Waals surface area (Å²) in [6.45, 7) is 1.93. The zero-order valence-corrected chi connectivity index (χ0v) is 10.5. The number of methoxy groups -OCH3 is 1. The summed E-state index contributed by atoms with van der Waals surface area (Å²) >= 11 is 0. The van der Waals surface area contributed by atoms with Crippen molar-refractivity contribution in [3.05, 3.63) is 65.2 Å². The van der Waals surface area contributed by atoms with Crippen molar-refractivity contribution < 1.29 is 4.74 Å². The predicted molar refractivity (Wildman–Crippen MR) is 73.0 cm³/mol. The van der Waals surface area contributed by atoms with Crippen molar-refractivity contribution in [3.63, 3.8) is 0 Å². The first-order valence-corrected chi connectivity index (χ1v) is 6.31. The van der Waals surface area contributed by atoms with Gasteiger partial charge in [-0.3, -0.25) is 0 Å². The molecular weight excluding hydrogens is 222 g/mol. The van der Waals surface area contributed by atoms with E-state index in [1.165, 1.54) is 16.7 Å². The molecule has 0 aliphatic carbocycles. The van der Waals surface area contributed by atoms with E-state index in [4.69, 9.17) is 4.74 Å². The average molecular weight is 239 g/mol. The molecule has 0 saturated heterocycles. The highest BCUT2D eigenvalue weighted by Crippen LogP contribution is 2.34. The summed E-state index contributed by atoms with van der Waals surface area (Å²) in [7, 11) is 1.74. The molecule has 1 aliphatic heterocycles. The Hall–Kier alpha value is -1.80. The molecule has 1 N–H and O–H groups in total. The molecule has 2 aromatic rings. The number of hydrogen-bond donors (Lipinski definition) is 1. The van der Waals surface area contributed by atoms with Crippen molar-refractivity contribution in [2.24, 2.45) is 0 Å². The molecule has 0 fully saturated rings. The van der Waals surface area contributed by atoms with E-state index >= 15 is 0 Å². The molecule has 0 bridgehead atoms. The van der Waals surface area contributed by atoms with Gasteiger partial charge in [0.1, 0.15) is 5.75 Å². The molecule has 0 aromatic heterocycles. The summed E-state index contributed by atoms with van der Waals surface area (Å²) < 4.78 is 5.49. The topological polar surface area (TPSA) is 21.3 Å². The second kappa shape index (κ2) is 4.83. The van der Waals surface area contributed by atoms with Crippen molar-refractivity contribution in [2.45, 2.75) is 12.5 Å². The van der Waals surface area contributed by atoms with Crippen LogP contribution in [0.2, 0.25) is 0 Å². The fourth-order valence-corrected chi connectivity index (χ4v) is 2.73. The fraction of sp³-hybridized carbons (Fsp3) is 0.250. The molecule has 2 heteroatoms. The van der Waals surface area contributed by atoms with Crippen molar-refractivity contribution in [1.82, 2.24) is 5.32 Å². The van der Waals surface area contributed by atoms with Crippen molar-refractivity contribution in [2.75, 3.05) is 13.7 Å². The molecule has 92 valence electrons. The van der Waals surface area contributed by atoms with Crippen LogP contribution in [-0.4, -0.2) is 13.7 Å². The molecule has 0 saturated carbocycles. The number of nitrogens with one attached hydrogen (secondary N) is 1. The van der Waals surface area contributed by atoms with E-state index < -0.39 is 0 Å². The van der Waals surface area contributed by atoms with Gasteiger partial charge in [-0.1, -0.05) is 42.5 Å². The van der Waals surface area contributed by atoms with E-state index in [9.17, 15) is 0 Å². The van der Waals surface area contributed by atoms with Crippen LogP contribution in [0.3, 0.4) is 0 Å². The highest BCUT2D eigenvalue weighted by atomic mass is 16.5. The maximum atomic E-state index is 5.49. The Morgan fingerprint density at radius 3 is 2.56 bits per heavy atom. The lowest BCUT2D eigenvalue weighted by atomic mass is 9.85. The van der Waals surface area contributed by atoms with Crippen LogP contribution in [0.4, 0.5) is 0 Å². The lowest BCUT2D eigenvalue weighted by molar-refractivity contribution is 0.405. The summed E-state index contributed by atoms with van der Waals surface area (Å²) in [4.78, 5) is 0. The first-order valence-electron chi connectivity index (χ1n) is 6.31. The molecule has 1 heterocycles. The van der Waals surface area contributed by atoms with Crippen LogP contribution in [0.25, 0.3) is 0 Å². The number of rotatable bonds is 2. The third kappa shape index (κ3) is 1.89. The molecule has 0 spiro atoms. The predicted octanol–water partition coefficient (Wildman–Crippen LogP) is 2.93. The third-order valence-corrected chi connectivity index (χ3v) is 3.61. The Morgan fingerprint density at radius 1 is 1.00 bits per heavy atom. The zero-order valence-electron chi connectivity index (χ0n) is 10.5. The van der Waals surface area contributed by atoms with Gasteiger partial charge in [-0.2, -0.15) is 0 Å². The average Bonchev–Trinajstić information content (AvgIpc) is 2.46. The number of fused-ring (bicyclic) bond motifs is 1. The fourth-order valence-electron chi connectivity index (χ4n) is 2.73. The SMILES string of the molecule is COc1ccccc1[C@@H]1CNCc2ccccc21. The van der Waals surface area contributed by atoms with Crippen LogP contribution in [0.15, 0.2) is 48.5 Å². The summed E-state index contributed by atoms with van der Waals surface area (Å²) in [6, 6.07) is 16.9. The van der Waals surface area contributed by atoms with E-state index in [0.717, 1.165) is 18.8 Å². The largest absolute Gasteiger partial charge is 0.496 e. The Bertz CT molecular complexity index is 550. The molecule has 2 aromatic carbocycles. The summed E-state index contributed by atoms with van der Waals surface area (Å²) in [5.74, 6) is 1.35. The molecule has 0 radical (unpaired) electrons. The molecule has 3 rings (SSSR count). The molecule has 0 unspecified atom stereocenters. The van der Waals surface area contributed by atoms with Crippen LogP contribution < -0.4 is 10.1 Å². The number of hydrogen-bond acceptors (Lipinski definition) is 2. The van der Waals surface area contributed by atoms with Crippen molar-refractivity contribution in [3.8, 4) is 5.75 Å². The minimum atomic E-state index is 0.381. The monoisotopic (exact) mass is 239 g/mol. The zero-order chi connectivity index (χ0) is 12.4. The van der Waals surface area contributed by atoms with Gasteiger partial charge < -0.3 is 10.1 Å².